The molecule has 25 nitrogen and oxygen atoms in total. The third kappa shape index (κ3) is 17.2. The molecule has 2 aliphatic rings. The minimum absolute atomic E-state index is 0.0703. The molecule has 1 saturated heterocycles. The second kappa shape index (κ2) is 25.4. The number of nitrogens with zero attached hydrogens (tertiary/aromatic N) is 1. The number of nitrogens with two attached hydrogens (primary N) is 3. The van der Waals surface area contributed by atoms with Gasteiger partial charge in [0.05, 0.1) is 26.1 Å². The van der Waals surface area contributed by atoms with Gasteiger partial charge in [-0.05, 0) is 49.3 Å². The predicted molar refractivity (Wildman–Crippen MR) is 235 cm³/mol. The molecule has 1 saturated carbocycles. The Morgan fingerprint density at radius 1 is 0.791 bits per heavy atom. The van der Waals surface area contributed by atoms with Crippen molar-refractivity contribution in [2.24, 2.45) is 23.1 Å². The average Bonchev–Trinajstić information content (AvgIpc) is 3.74. The zero-order chi connectivity index (χ0) is 50.0. The van der Waals surface area contributed by atoms with Crippen molar-refractivity contribution in [3.63, 3.8) is 0 Å². The number of amides is 12. The van der Waals surface area contributed by atoms with Gasteiger partial charge < -0.3 is 69.7 Å². The summed E-state index contributed by atoms with van der Waals surface area (Å²) in [7, 11) is 1.19. The standard InChI is InChI=1S/C42H62N12O13/c1-4-22(2)35-39(65)49-25(11-13-29(43)56)36(62)51-28(18-30(44)57)37(63)50-26(40(66)54(3)21-34(61)53-42(15-5-6-16-42)41(67)47-19-31(45)58)12-14-32(59)46-20-33(60)48-27(38(64)52-35)17-23-7-9-24(55)10-8-23/h7-10,22,25-28,35,55H,4-6,11-21H2,1-3H3,(H2,43,56)(H2,44,57)(H2,45,58)(H,46,59)(H,47,67)(H,48,60)(H,49,65)(H,50,63)(H,51,62)(H,52,64)(H,53,61)/t22-,25?,26-,27-,28-,35-/m0/s1. The summed E-state index contributed by atoms with van der Waals surface area (Å²) in [5.41, 5.74) is 15.0. The second-order valence-electron chi connectivity index (χ2n) is 16.7. The highest BCUT2D eigenvalue weighted by Gasteiger charge is 2.43. The molecule has 25 heteroatoms. The number of benzene rings is 1. The van der Waals surface area contributed by atoms with Gasteiger partial charge in [0.1, 0.15) is 41.5 Å². The second-order valence-corrected chi connectivity index (χ2v) is 16.7. The van der Waals surface area contributed by atoms with E-state index in [1.807, 2.05) is 0 Å². The molecule has 0 radical (unpaired) electrons. The Bertz CT molecular complexity index is 2040. The van der Waals surface area contributed by atoms with Crippen molar-refractivity contribution < 1.29 is 62.6 Å². The fourth-order valence-corrected chi connectivity index (χ4v) is 7.44. The van der Waals surface area contributed by atoms with E-state index in [0.717, 1.165) is 4.90 Å². The SMILES string of the molecule is CC[C@H](C)[C@@H]1NC(=O)[C@H](Cc2ccc(O)cc2)NC(=O)CNC(=O)CC[C@@H](C(=O)N(C)CC(=O)NC2(C(=O)NCC(N)=O)CCCC2)NC(=O)[C@H](CC(N)=O)NC(=O)C(CCC(N)=O)NC1=O. The predicted octanol–water partition coefficient (Wildman–Crippen LogP) is -5.06. The minimum atomic E-state index is -1.82. The molecule has 1 aromatic carbocycles. The fraction of sp³-hybridized carbons (Fsp3) is 0.571. The van der Waals surface area contributed by atoms with Gasteiger partial charge in [0.25, 0.3) is 0 Å². The highest BCUT2D eigenvalue weighted by Crippen LogP contribution is 2.30. The average molecular weight is 943 g/mol. The van der Waals surface area contributed by atoms with Gasteiger partial charge in [-0.2, -0.15) is 0 Å². The van der Waals surface area contributed by atoms with E-state index in [-0.39, 0.29) is 25.0 Å². The van der Waals surface area contributed by atoms with Crippen LogP contribution >= 0.6 is 0 Å². The first-order valence-corrected chi connectivity index (χ1v) is 21.8. The van der Waals surface area contributed by atoms with Gasteiger partial charge in [0.2, 0.25) is 70.9 Å². The first kappa shape index (κ1) is 54.0. The molecule has 1 unspecified atom stereocenters. The summed E-state index contributed by atoms with van der Waals surface area (Å²) < 4.78 is 0. The Labute approximate surface area is 385 Å². The minimum Gasteiger partial charge on any atom is -0.508 e. The zero-order valence-corrected chi connectivity index (χ0v) is 37.7. The molecule has 1 aliphatic heterocycles. The van der Waals surface area contributed by atoms with Crippen LogP contribution in [-0.2, 0) is 64.0 Å². The molecule has 15 N–H and O–H groups in total. The lowest BCUT2D eigenvalue weighted by Crippen LogP contribution is -2.61. The van der Waals surface area contributed by atoms with Crippen LogP contribution in [0.5, 0.6) is 5.75 Å². The third-order valence-corrected chi connectivity index (χ3v) is 11.3. The maximum absolute atomic E-state index is 14.0. The number of carbonyl (C=O) groups is 12. The highest BCUT2D eigenvalue weighted by molar-refractivity contribution is 5.99. The van der Waals surface area contributed by atoms with E-state index in [4.69, 9.17) is 17.2 Å². The summed E-state index contributed by atoms with van der Waals surface area (Å²) >= 11 is 0. The molecular weight excluding hydrogens is 881 g/mol. The Balaban J connectivity index is 2.01. The Morgan fingerprint density at radius 2 is 1.40 bits per heavy atom. The molecule has 0 aromatic heterocycles. The van der Waals surface area contributed by atoms with Crippen LogP contribution in [-0.4, -0.2) is 143 Å². The molecule has 1 aliphatic carbocycles. The number of likely N-dealkylation sites (N-methyl/N-ethyl adjacent to an activating group) is 1. The number of hydrogen-bond acceptors (Lipinski definition) is 13. The van der Waals surface area contributed by atoms with Crippen LogP contribution in [0, 0.1) is 5.92 Å². The van der Waals surface area contributed by atoms with Crippen LogP contribution < -0.4 is 59.7 Å². The van der Waals surface area contributed by atoms with E-state index >= 15 is 0 Å². The van der Waals surface area contributed by atoms with Crippen LogP contribution in [0.1, 0.15) is 83.6 Å². The number of phenolic OH excluding ortho intramolecular Hbond substituents is 1. The summed E-state index contributed by atoms with van der Waals surface area (Å²) in [5, 5.41) is 29.5. The fourth-order valence-electron chi connectivity index (χ4n) is 7.44. The van der Waals surface area contributed by atoms with E-state index in [2.05, 4.69) is 42.5 Å². The van der Waals surface area contributed by atoms with Gasteiger partial charge >= 0.3 is 0 Å². The van der Waals surface area contributed by atoms with Gasteiger partial charge in [-0.15, -0.1) is 0 Å². The quantitative estimate of drug-likeness (QED) is 0.0740. The Hall–Kier alpha value is -7.34. The van der Waals surface area contributed by atoms with Crippen molar-refractivity contribution in [2.75, 3.05) is 26.7 Å². The number of aromatic hydroxyl groups is 1. The van der Waals surface area contributed by atoms with Crippen LogP contribution in [0.25, 0.3) is 0 Å². The summed E-state index contributed by atoms with van der Waals surface area (Å²) in [4.78, 5) is 159. The van der Waals surface area contributed by atoms with Crippen molar-refractivity contribution in [3.8, 4) is 5.75 Å². The molecule has 0 spiro atoms. The molecule has 6 atom stereocenters. The number of hydrogen-bond donors (Lipinski definition) is 12. The zero-order valence-electron chi connectivity index (χ0n) is 37.7. The summed E-state index contributed by atoms with van der Waals surface area (Å²) in [6.07, 6.45) is -1.02. The summed E-state index contributed by atoms with van der Waals surface area (Å²) in [6.45, 7) is 1.50. The van der Waals surface area contributed by atoms with Crippen LogP contribution in [0.15, 0.2) is 24.3 Å². The van der Waals surface area contributed by atoms with Crippen molar-refractivity contribution >= 4 is 70.9 Å². The lowest BCUT2D eigenvalue weighted by molar-refractivity contribution is -0.141. The molecule has 2 fully saturated rings. The molecule has 1 heterocycles. The van der Waals surface area contributed by atoms with E-state index in [1.165, 1.54) is 31.3 Å². The molecular formula is C42H62N12O13. The van der Waals surface area contributed by atoms with E-state index in [9.17, 15) is 62.6 Å². The topological polar surface area (TPSA) is 403 Å². The smallest absolute Gasteiger partial charge is 0.246 e. The number of primary amides is 3. The first-order chi connectivity index (χ1) is 31.5. The van der Waals surface area contributed by atoms with Crippen molar-refractivity contribution in [2.45, 2.75) is 120 Å². The van der Waals surface area contributed by atoms with E-state index < -0.39 is 164 Å². The van der Waals surface area contributed by atoms with E-state index in [1.54, 1.807) is 13.8 Å². The molecule has 12 amide bonds. The van der Waals surface area contributed by atoms with Gasteiger partial charge in [-0.1, -0.05) is 45.2 Å². The monoisotopic (exact) mass is 942 g/mol. The summed E-state index contributed by atoms with van der Waals surface area (Å²) in [6, 6.07) is -2.09. The maximum atomic E-state index is 14.0. The molecule has 3 rings (SSSR count). The van der Waals surface area contributed by atoms with Gasteiger partial charge in [-0.3, -0.25) is 57.5 Å². The number of phenols is 1. The van der Waals surface area contributed by atoms with Gasteiger partial charge in [0, 0.05) is 26.3 Å². The van der Waals surface area contributed by atoms with Crippen molar-refractivity contribution in [1.82, 2.24) is 47.4 Å². The largest absolute Gasteiger partial charge is 0.508 e. The van der Waals surface area contributed by atoms with E-state index in [0.29, 0.717) is 24.8 Å². The van der Waals surface area contributed by atoms with Gasteiger partial charge in [-0.25, -0.2) is 0 Å². The first-order valence-electron chi connectivity index (χ1n) is 21.8. The molecule has 1 aromatic rings. The highest BCUT2D eigenvalue weighted by atomic mass is 16.3. The normalized spacial score (nSPS) is 22.5. The number of carbonyl (C=O) groups excluding carboxylic acids is 12. The molecule has 67 heavy (non-hydrogen) atoms. The summed E-state index contributed by atoms with van der Waals surface area (Å²) in [5.74, 6) is -11.5. The van der Waals surface area contributed by atoms with Gasteiger partial charge in [0.15, 0.2) is 0 Å². The lowest BCUT2D eigenvalue weighted by Gasteiger charge is -2.31. The molecule has 0 bridgehead atoms. The van der Waals surface area contributed by atoms with Crippen LogP contribution in [0.4, 0.5) is 0 Å². The van der Waals surface area contributed by atoms with Crippen molar-refractivity contribution in [3.05, 3.63) is 29.8 Å². The van der Waals surface area contributed by atoms with Crippen LogP contribution in [0.3, 0.4) is 0 Å². The van der Waals surface area contributed by atoms with Crippen molar-refractivity contribution in [1.29, 1.82) is 0 Å². The third-order valence-electron chi connectivity index (χ3n) is 11.3. The van der Waals surface area contributed by atoms with Crippen LogP contribution in [0.2, 0.25) is 0 Å². The number of rotatable bonds is 16. The molecule has 368 valence electrons. The lowest BCUT2D eigenvalue weighted by atomic mass is 9.96. The Kier molecular flexibility index (Phi) is 20.5. The Morgan fingerprint density at radius 3 is 2.00 bits per heavy atom. The maximum Gasteiger partial charge on any atom is 0.246 e. The number of nitrogens with one attached hydrogen (secondary N) is 8.